The van der Waals surface area contributed by atoms with Gasteiger partial charge < -0.3 is 10.3 Å². The minimum absolute atomic E-state index is 0.0886. The van der Waals surface area contributed by atoms with Gasteiger partial charge in [-0.3, -0.25) is 0 Å². The van der Waals surface area contributed by atoms with Crippen LogP contribution in [-0.4, -0.2) is 41.9 Å². The fraction of sp³-hybridized carbons (Fsp3) is 0.700. The normalized spacial score (nSPS) is 14.2. The van der Waals surface area contributed by atoms with Crippen molar-refractivity contribution in [3.05, 3.63) is 12.5 Å². The average Bonchev–Trinajstić information content (AvgIpc) is 2.77. The first-order chi connectivity index (χ1) is 7.93. The highest BCUT2D eigenvalue weighted by molar-refractivity contribution is 7.89. The lowest BCUT2D eigenvalue weighted by molar-refractivity contribution is 0.373. The van der Waals surface area contributed by atoms with Gasteiger partial charge in [-0.15, -0.1) is 0 Å². The molecular weight excluding hydrogens is 240 g/mol. The second-order valence-electron chi connectivity index (χ2n) is 3.99. The van der Waals surface area contributed by atoms with E-state index in [1.807, 2.05) is 13.8 Å². The first-order valence-electron chi connectivity index (χ1n) is 5.63. The zero-order valence-electron chi connectivity index (χ0n) is 10.5. The molecule has 0 saturated heterocycles. The molecule has 1 aromatic rings. The van der Waals surface area contributed by atoms with E-state index in [1.54, 1.807) is 17.8 Å². The number of aryl methyl sites for hydroxylation is 1. The third-order valence-electron chi connectivity index (χ3n) is 2.82. The highest BCUT2D eigenvalue weighted by Gasteiger charge is 2.26. The quantitative estimate of drug-likeness (QED) is 0.795. The molecule has 17 heavy (non-hydrogen) atoms. The van der Waals surface area contributed by atoms with Crippen molar-refractivity contribution in [3.63, 3.8) is 0 Å². The predicted octanol–water partition coefficient (Wildman–Crippen LogP) is 0.261. The van der Waals surface area contributed by atoms with Gasteiger partial charge in [0.1, 0.15) is 0 Å². The van der Waals surface area contributed by atoms with Gasteiger partial charge in [0.2, 0.25) is 0 Å². The molecule has 1 rings (SSSR count). The molecule has 0 aromatic carbocycles. The summed E-state index contributed by atoms with van der Waals surface area (Å²) in [6.45, 7) is 4.93. The maximum atomic E-state index is 12.2. The van der Waals surface area contributed by atoms with E-state index in [4.69, 9.17) is 5.73 Å². The van der Waals surface area contributed by atoms with Gasteiger partial charge in [0.25, 0.3) is 10.0 Å². The number of aromatic nitrogens is 2. The summed E-state index contributed by atoms with van der Waals surface area (Å²) in [7, 11) is -1.95. The number of nitrogens with zero attached hydrogens (tertiary/aromatic N) is 3. The number of hydrogen-bond donors (Lipinski definition) is 1. The van der Waals surface area contributed by atoms with Crippen LogP contribution in [0.5, 0.6) is 0 Å². The summed E-state index contributed by atoms with van der Waals surface area (Å²) in [5.74, 6) is 0. The summed E-state index contributed by atoms with van der Waals surface area (Å²) in [6, 6.07) is -0.128. The van der Waals surface area contributed by atoms with Crippen molar-refractivity contribution in [2.24, 2.45) is 5.73 Å². The van der Waals surface area contributed by atoms with Crippen molar-refractivity contribution in [2.45, 2.75) is 37.9 Å². The standard InChI is InChI=1S/C10H20N4O2S/c1-4-14-7-10(12-8-14)17(15,16)13(3)9(2)5-6-11/h7-9H,4-6,11H2,1-3H3. The molecule has 0 aliphatic heterocycles. The zero-order chi connectivity index (χ0) is 13.1. The molecule has 7 heteroatoms. The third kappa shape index (κ3) is 3.05. The molecule has 0 aliphatic rings. The lowest BCUT2D eigenvalue weighted by Crippen LogP contribution is -2.36. The Bertz CT molecular complexity index is 455. The monoisotopic (exact) mass is 260 g/mol. The second kappa shape index (κ2) is 5.61. The Balaban J connectivity index is 2.94. The van der Waals surface area contributed by atoms with Crippen LogP contribution < -0.4 is 5.73 Å². The molecule has 0 bridgehead atoms. The van der Waals surface area contributed by atoms with Crippen molar-refractivity contribution in [2.75, 3.05) is 13.6 Å². The van der Waals surface area contributed by atoms with Crippen molar-refractivity contribution in [3.8, 4) is 0 Å². The largest absolute Gasteiger partial charge is 0.336 e. The van der Waals surface area contributed by atoms with Gasteiger partial charge in [0.05, 0.1) is 6.33 Å². The predicted molar refractivity (Wildman–Crippen MR) is 66.0 cm³/mol. The molecular formula is C10H20N4O2S. The topological polar surface area (TPSA) is 81.2 Å². The van der Waals surface area contributed by atoms with Crippen LogP contribution in [-0.2, 0) is 16.6 Å². The molecule has 0 radical (unpaired) electrons. The molecule has 1 unspecified atom stereocenters. The summed E-state index contributed by atoms with van der Waals surface area (Å²) < 4.78 is 27.4. The molecule has 6 nitrogen and oxygen atoms in total. The molecule has 0 amide bonds. The lowest BCUT2D eigenvalue weighted by Gasteiger charge is -2.22. The SMILES string of the molecule is CCn1cnc(S(=O)(=O)N(C)C(C)CCN)c1. The van der Waals surface area contributed by atoms with Crippen LogP contribution in [0.1, 0.15) is 20.3 Å². The first-order valence-corrected chi connectivity index (χ1v) is 7.07. The van der Waals surface area contributed by atoms with Gasteiger partial charge in [0.15, 0.2) is 5.03 Å². The summed E-state index contributed by atoms with van der Waals surface area (Å²) >= 11 is 0. The van der Waals surface area contributed by atoms with Gasteiger partial charge in [-0.2, -0.15) is 4.31 Å². The van der Waals surface area contributed by atoms with Gasteiger partial charge in [-0.05, 0) is 26.8 Å². The Kier molecular flexibility index (Phi) is 4.67. The Labute approximate surface area is 102 Å². The molecule has 98 valence electrons. The van der Waals surface area contributed by atoms with Crippen molar-refractivity contribution in [1.29, 1.82) is 0 Å². The maximum Gasteiger partial charge on any atom is 0.262 e. The molecule has 1 heterocycles. The number of nitrogens with two attached hydrogens (primary N) is 1. The number of sulfonamides is 1. The van der Waals surface area contributed by atoms with Crippen molar-refractivity contribution >= 4 is 10.0 Å². The lowest BCUT2D eigenvalue weighted by atomic mass is 10.2. The second-order valence-corrected chi connectivity index (χ2v) is 5.93. The fourth-order valence-electron chi connectivity index (χ4n) is 1.45. The van der Waals surface area contributed by atoms with Crippen molar-refractivity contribution < 1.29 is 8.42 Å². The summed E-state index contributed by atoms with van der Waals surface area (Å²) in [5, 5.41) is 0.0886. The maximum absolute atomic E-state index is 12.2. The minimum atomic E-state index is -3.50. The Morgan fingerprint density at radius 1 is 1.59 bits per heavy atom. The molecule has 0 fully saturated rings. The Morgan fingerprint density at radius 2 is 2.24 bits per heavy atom. The van der Waals surface area contributed by atoms with Gasteiger partial charge in [-0.1, -0.05) is 0 Å². The Morgan fingerprint density at radius 3 is 2.71 bits per heavy atom. The summed E-state index contributed by atoms with van der Waals surface area (Å²) in [5.41, 5.74) is 5.43. The van der Waals surface area contributed by atoms with E-state index in [-0.39, 0.29) is 11.1 Å². The molecule has 0 spiro atoms. The highest BCUT2D eigenvalue weighted by Crippen LogP contribution is 2.15. The molecule has 0 aliphatic carbocycles. The van der Waals surface area contributed by atoms with Crippen LogP contribution in [0.15, 0.2) is 17.6 Å². The third-order valence-corrected chi connectivity index (χ3v) is 4.68. The van der Waals surface area contributed by atoms with Crippen LogP contribution in [0.25, 0.3) is 0 Å². The van der Waals surface area contributed by atoms with Gasteiger partial charge in [-0.25, -0.2) is 13.4 Å². The average molecular weight is 260 g/mol. The van der Waals surface area contributed by atoms with Gasteiger partial charge >= 0.3 is 0 Å². The van der Waals surface area contributed by atoms with E-state index in [1.165, 1.54) is 10.6 Å². The van der Waals surface area contributed by atoms with Gasteiger partial charge in [0, 0.05) is 25.8 Å². The summed E-state index contributed by atoms with van der Waals surface area (Å²) in [4.78, 5) is 3.92. The first kappa shape index (κ1) is 14.1. The molecule has 0 saturated carbocycles. The molecule has 1 aromatic heterocycles. The summed E-state index contributed by atoms with van der Waals surface area (Å²) in [6.07, 6.45) is 3.69. The number of rotatable bonds is 6. The van der Waals surface area contributed by atoms with Crippen molar-refractivity contribution in [1.82, 2.24) is 13.9 Å². The minimum Gasteiger partial charge on any atom is -0.336 e. The Hall–Kier alpha value is -0.920. The highest BCUT2D eigenvalue weighted by atomic mass is 32.2. The van der Waals surface area contributed by atoms with E-state index >= 15 is 0 Å². The van der Waals surface area contributed by atoms with E-state index in [9.17, 15) is 8.42 Å². The number of imidazole rings is 1. The van der Waals surface area contributed by atoms with E-state index in [0.717, 1.165) is 0 Å². The smallest absolute Gasteiger partial charge is 0.262 e. The van der Waals surface area contributed by atoms with Crippen LogP contribution in [0, 0.1) is 0 Å². The van der Waals surface area contributed by atoms with Crippen LogP contribution >= 0.6 is 0 Å². The van der Waals surface area contributed by atoms with E-state index in [0.29, 0.717) is 19.5 Å². The van der Waals surface area contributed by atoms with Crippen LogP contribution in [0.4, 0.5) is 0 Å². The fourth-order valence-corrected chi connectivity index (χ4v) is 2.78. The number of hydrogen-bond acceptors (Lipinski definition) is 4. The van der Waals surface area contributed by atoms with Crippen LogP contribution in [0.2, 0.25) is 0 Å². The van der Waals surface area contributed by atoms with Crippen LogP contribution in [0.3, 0.4) is 0 Å². The molecule has 2 N–H and O–H groups in total. The zero-order valence-corrected chi connectivity index (χ0v) is 11.3. The van der Waals surface area contributed by atoms with E-state index < -0.39 is 10.0 Å². The molecule has 1 atom stereocenters. The van der Waals surface area contributed by atoms with E-state index in [2.05, 4.69) is 4.98 Å².